The van der Waals surface area contributed by atoms with Gasteiger partial charge in [-0.15, -0.1) is 4.91 Å². The number of carbonyl (C=O) groups excluding carboxylic acids is 1. The molecule has 220 valence electrons. The maximum absolute atomic E-state index is 10.9. The van der Waals surface area contributed by atoms with Gasteiger partial charge >= 0.3 is 6.16 Å². The number of amides is 1. The van der Waals surface area contributed by atoms with Gasteiger partial charge in [-0.25, -0.2) is 4.79 Å². The number of rotatable bonds is 17. The summed E-state index contributed by atoms with van der Waals surface area (Å²) in [4.78, 5) is 30.3. The number of nitrogens with zero attached hydrogens (tertiary/aromatic N) is 1. The zero-order chi connectivity index (χ0) is 28.8. The summed E-state index contributed by atoms with van der Waals surface area (Å²) < 4.78 is 6.90. The summed E-state index contributed by atoms with van der Waals surface area (Å²) in [6.07, 6.45) is 22.2. The minimum absolute atomic E-state index is 0.164. The van der Waals surface area contributed by atoms with Crippen molar-refractivity contribution in [3.8, 4) is 0 Å². The summed E-state index contributed by atoms with van der Waals surface area (Å²) in [6, 6.07) is 10.8. The van der Waals surface area contributed by atoms with Gasteiger partial charge in [-0.3, -0.25) is 4.79 Å². The van der Waals surface area contributed by atoms with Gasteiger partial charge < -0.3 is 15.2 Å². The van der Waals surface area contributed by atoms with E-state index in [9.17, 15) is 14.5 Å². The molecule has 8 heteroatoms. The van der Waals surface area contributed by atoms with Crippen LogP contribution in [0, 0.1) is 10.8 Å². The number of aryl methyl sites for hydroxylation is 1. The number of allylic oxidation sites excluding steroid dienone is 4. The van der Waals surface area contributed by atoms with E-state index in [4.69, 9.17) is 5.11 Å². The van der Waals surface area contributed by atoms with Gasteiger partial charge in [0, 0.05) is 35.2 Å². The predicted molar refractivity (Wildman–Crippen MR) is 164 cm³/mol. The smallest absolute Gasteiger partial charge is 0.450 e. The lowest BCUT2D eigenvalue weighted by molar-refractivity contribution is -0.121. The number of hydrogen-bond acceptors (Lipinski definition) is 6. The quantitative estimate of drug-likeness (QED) is 0.0646. The molecule has 0 aromatic heterocycles. The molecule has 0 heterocycles. The molecule has 39 heavy (non-hydrogen) atoms. The number of nitroso groups, excluding NO2 is 1. The Morgan fingerprint density at radius 1 is 1.05 bits per heavy atom. The van der Waals surface area contributed by atoms with Crippen LogP contribution in [0.2, 0.25) is 0 Å². The maximum Gasteiger partial charge on any atom is 0.505 e. The number of ether oxygens (including phenoxy) is 1. The molecular formula is C31H50N2O5S. The summed E-state index contributed by atoms with van der Waals surface area (Å²) in [7, 11) is 0. The van der Waals surface area contributed by atoms with Gasteiger partial charge in [-0.05, 0) is 89.5 Å². The van der Waals surface area contributed by atoms with E-state index in [0.29, 0.717) is 18.6 Å². The van der Waals surface area contributed by atoms with Crippen molar-refractivity contribution in [2.75, 3.05) is 18.9 Å². The van der Waals surface area contributed by atoms with Crippen LogP contribution in [0.1, 0.15) is 96.5 Å². The van der Waals surface area contributed by atoms with Crippen LogP contribution in [-0.4, -0.2) is 36.1 Å². The first kappa shape index (κ1) is 36.4. The fraction of sp³-hybridized carbons (Fsp3) is 0.613. The van der Waals surface area contributed by atoms with Crippen LogP contribution in [0.3, 0.4) is 0 Å². The summed E-state index contributed by atoms with van der Waals surface area (Å²) >= 11 is 0.985. The molecule has 0 aliphatic heterocycles. The highest BCUT2D eigenvalue weighted by atomic mass is 32.2. The molecule has 2 N–H and O–H groups in total. The lowest BCUT2D eigenvalue weighted by Gasteiger charge is -2.01. The monoisotopic (exact) mass is 562 g/mol. The van der Waals surface area contributed by atoms with Crippen LogP contribution in [0.25, 0.3) is 0 Å². The van der Waals surface area contributed by atoms with E-state index < -0.39 is 6.16 Å². The Morgan fingerprint density at radius 2 is 1.77 bits per heavy atom. The number of carboxylic acid groups (broad SMARTS) is 1. The van der Waals surface area contributed by atoms with Gasteiger partial charge in [0.05, 0.1) is 6.61 Å². The van der Waals surface area contributed by atoms with E-state index in [-0.39, 0.29) is 12.5 Å². The first-order valence-corrected chi connectivity index (χ1v) is 15.4. The first-order chi connectivity index (χ1) is 19.0. The molecule has 0 spiro atoms. The molecule has 0 unspecified atom stereocenters. The van der Waals surface area contributed by atoms with E-state index in [1.165, 1.54) is 50.5 Å². The highest BCUT2D eigenvalue weighted by Crippen LogP contribution is 2.25. The summed E-state index contributed by atoms with van der Waals surface area (Å²) in [5.41, 5.74) is 1.47. The van der Waals surface area contributed by atoms with Crippen molar-refractivity contribution >= 4 is 24.0 Å². The van der Waals surface area contributed by atoms with Crippen LogP contribution < -0.4 is 5.32 Å². The second-order valence-corrected chi connectivity index (χ2v) is 10.2. The molecular weight excluding hydrogens is 512 g/mol. The molecule has 0 saturated heterocycles. The molecule has 1 aliphatic rings. The molecule has 1 aliphatic carbocycles. The van der Waals surface area contributed by atoms with Gasteiger partial charge in [0.25, 0.3) is 0 Å². The number of hydrogen-bond donors (Lipinski definition) is 2. The normalized spacial score (nSPS) is 12.9. The Hall–Kier alpha value is -2.61. The Labute approximate surface area is 240 Å². The van der Waals surface area contributed by atoms with E-state index in [0.717, 1.165) is 50.1 Å². The number of nitrogens with one attached hydrogen (secondary N) is 1. The molecule has 1 saturated carbocycles. The molecule has 1 amide bonds. The third kappa shape index (κ3) is 26.8. The summed E-state index contributed by atoms with van der Waals surface area (Å²) in [6.45, 7) is 4.90. The molecule has 7 nitrogen and oxygen atoms in total. The average molecular weight is 563 g/mol. The molecule has 1 aromatic rings. The molecule has 1 fully saturated rings. The van der Waals surface area contributed by atoms with Crippen molar-refractivity contribution in [2.24, 2.45) is 10.5 Å². The van der Waals surface area contributed by atoms with Crippen molar-refractivity contribution in [1.29, 1.82) is 0 Å². The van der Waals surface area contributed by atoms with Crippen LogP contribution in [0.5, 0.6) is 0 Å². The third-order valence-corrected chi connectivity index (χ3v) is 6.61. The molecule has 0 radical (unpaired) electrons. The SMILES string of the molecule is C(=C\C1CCCC1)/CCCc1ccccc1.C/C=C\CCCC(=O)NCC.O=NSCCCCCOC(=O)O. The number of unbranched alkanes of at least 4 members (excludes halogenated alkanes) is 4. The van der Waals surface area contributed by atoms with Crippen LogP contribution in [-0.2, 0) is 16.0 Å². The largest absolute Gasteiger partial charge is 0.505 e. The molecule has 0 bridgehead atoms. The van der Waals surface area contributed by atoms with E-state index >= 15 is 0 Å². The second kappa shape index (κ2) is 28.4. The molecule has 2 rings (SSSR count). The first-order valence-electron chi connectivity index (χ1n) is 14.4. The molecule has 1 aromatic carbocycles. The maximum atomic E-state index is 10.9. The van der Waals surface area contributed by atoms with Gasteiger partial charge in [0.1, 0.15) is 0 Å². The standard InChI is InChI=1S/C16H22.C9H17NO.C6H11NO4S/c1-3-9-15(10-4-1)11-5-2-6-12-16-13-7-8-14-16;1-3-5-6-7-8-9(11)10-4-2;8-6(9)11-4-2-1-3-5-12-7-10/h1,3-4,6,9-10,12,16H,2,5,7-8,11,13-14H2;3,5H,4,6-8H2,1-2H3,(H,10,11);1-5H2,(H,8,9)/b12-6+;5-3-;. The second-order valence-electron chi connectivity index (χ2n) is 9.35. The Morgan fingerprint density at radius 3 is 2.41 bits per heavy atom. The van der Waals surface area contributed by atoms with Crippen molar-refractivity contribution < 1.29 is 19.4 Å². The van der Waals surface area contributed by atoms with Crippen LogP contribution in [0.4, 0.5) is 4.79 Å². The fourth-order valence-corrected chi connectivity index (χ4v) is 4.39. The Bertz CT molecular complexity index is 780. The summed E-state index contributed by atoms with van der Waals surface area (Å²) in [5.74, 6) is 1.75. The minimum Gasteiger partial charge on any atom is -0.450 e. The van der Waals surface area contributed by atoms with E-state index in [1.54, 1.807) is 0 Å². The lowest BCUT2D eigenvalue weighted by atomic mass is 10.1. The number of benzene rings is 1. The highest BCUT2D eigenvalue weighted by Gasteiger charge is 2.10. The lowest BCUT2D eigenvalue weighted by Crippen LogP contribution is -2.21. The fourth-order valence-electron chi connectivity index (χ4n) is 3.98. The van der Waals surface area contributed by atoms with Crippen molar-refractivity contribution in [3.05, 3.63) is 65.1 Å². The van der Waals surface area contributed by atoms with Crippen molar-refractivity contribution in [2.45, 2.75) is 97.3 Å². The minimum atomic E-state index is -1.24. The van der Waals surface area contributed by atoms with E-state index in [1.807, 2.05) is 19.9 Å². The summed E-state index contributed by atoms with van der Waals surface area (Å²) in [5, 5.41) is 10.8. The zero-order valence-electron chi connectivity index (χ0n) is 24.0. The van der Waals surface area contributed by atoms with E-state index in [2.05, 4.69) is 63.2 Å². The zero-order valence-corrected chi connectivity index (χ0v) is 24.8. The van der Waals surface area contributed by atoms with Crippen molar-refractivity contribution in [3.63, 3.8) is 0 Å². The van der Waals surface area contributed by atoms with Crippen molar-refractivity contribution in [1.82, 2.24) is 5.32 Å². The predicted octanol–water partition coefficient (Wildman–Crippen LogP) is 8.89. The van der Waals surface area contributed by atoms with Crippen LogP contribution in [0.15, 0.2) is 59.2 Å². The average Bonchev–Trinajstić information content (AvgIpc) is 3.46. The van der Waals surface area contributed by atoms with Gasteiger partial charge in [0.2, 0.25) is 5.91 Å². The van der Waals surface area contributed by atoms with Gasteiger partial charge in [-0.2, -0.15) is 0 Å². The van der Waals surface area contributed by atoms with Gasteiger partial charge in [-0.1, -0.05) is 67.5 Å². The van der Waals surface area contributed by atoms with Crippen LogP contribution >= 0.6 is 11.9 Å². The Kier molecular flexibility index (Phi) is 26.5. The topological polar surface area (TPSA) is 105 Å². The van der Waals surface area contributed by atoms with Gasteiger partial charge in [0.15, 0.2) is 0 Å². The highest BCUT2D eigenvalue weighted by molar-refractivity contribution is 7.97. The molecule has 0 atom stereocenters. The third-order valence-electron chi connectivity index (χ3n) is 6.03. The number of carbonyl (C=O) groups is 2. The Balaban J connectivity index is 0.000000571.